The van der Waals surface area contributed by atoms with Gasteiger partial charge in [-0.25, -0.2) is 4.98 Å². The molecule has 3 heterocycles. The highest BCUT2D eigenvalue weighted by atomic mass is 15.1. The van der Waals surface area contributed by atoms with E-state index in [4.69, 9.17) is 5.73 Å². The van der Waals surface area contributed by atoms with Gasteiger partial charge in [0.1, 0.15) is 5.82 Å². The smallest absolute Gasteiger partial charge is 0.221 e. The summed E-state index contributed by atoms with van der Waals surface area (Å²) in [4.78, 5) is 15.4. The van der Waals surface area contributed by atoms with Crippen LogP contribution in [-0.2, 0) is 19.4 Å². The van der Waals surface area contributed by atoms with E-state index in [1.807, 2.05) is 6.20 Å². The molecule has 0 aliphatic rings. The van der Waals surface area contributed by atoms with E-state index in [1.165, 1.54) is 38.7 Å². The number of rotatable bonds is 6. The van der Waals surface area contributed by atoms with Gasteiger partial charge in [-0.1, -0.05) is 17.7 Å². The number of H-pyrrole nitrogens is 2. The van der Waals surface area contributed by atoms with E-state index in [-0.39, 0.29) is 5.95 Å². The van der Waals surface area contributed by atoms with Crippen LogP contribution in [0.2, 0.25) is 0 Å². The fourth-order valence-electron chi connectivity index (χ4n) is 4.15. The van der Waals surface area contributed by atoms with Crippen molar-refractivity contribution >= 4 is 33.6 Å². The number of hydrogen-bond donors (Lipinski definition) is 4. The number of hydrogen-bond acceptors (Lipinski definition) is 4. The zero-order chi connectivity index (χ0) is 21.4. The summed E-state index contributed by atoms with van der Waals surface area (Å²) in [6.45, 7) is 4.87. The van der Waals surface area contributed by atoms with E-state index >= 15 is 0 Å². The second-order valence-electron chi connectivity index (χ2n) is 8.19. The summed E-state index contributed by atoms with van der Waals surface area (Å²) in [7, 11) is 0. The lowest BCUT2D eigenvalue weighted by molar-refractivity contribution is 0.935. The van der Waals surface area contributed by atoms with E-state index < -0.39 is 0 Å². The molecule has 0 fully saturated rings. The first-order valence-corrected chi connectivity index (χ1v) is 10.6. The molecule has 0 aliphatic heterocycles. The van der Waals surface area contributed by atoms with Crippen molar-refractivity contribution in [3.8, 4) is 0 Å². The Bertz CT molecular complexity index is 1380. The van der Waals surface area contributed by atoms with Gasteiger partial charge in [0.25, 0.3) is 0 Å². The van der Waals surface area contributed by atoms with Crippen LogP contribution in [-0.4, -0.2) is 19.9 Å². The van der Waals surface area contributed by atoms with Gasteiger partial charge >= 0.3 is 0 Å². The van der Waals surface area contributed by atoms with Crippen molar-refractivity contribution < 1.29 is 0 Å². The molecule has 0 saturated carbocycles. The fraction of sp³-hybridized carbons (Fsp3) is 0.200. The molecule has 0 bridgehead atoms. The van der Waals surface area contributed by atoms with E-state index in [9.17, 15) is 0 Å². The van der Waals surface area contributed by atoms with Gasteiger partial charge in [0.15, 0.2) is 0 Å². The molecule has 0 amide bonds. The van der Waals surface area contributed by atoms with Crippen LogP contribution in [0.4, 0.5) is 11.8 Å². The maximum absolute atomic E-state index is 5.88. The molecule has 5 rings (SSSR count). The SMILES string of the molecule is Cc1ccc2[nH]cc(CCc3cnc(N)nc3NCc3ccc4[nH]c(C)cc4c3)c2c1. The van der Waals surface area contributed by atoms with Crippen molar-refractivity contribution in [3.63, 3.8) is 0 Å². The Balaban J connectivity index is 1.34. The number of aryl methyl sites for hydroxylation is 4. The third-order valence-corrected chi connectivity index (χ3v) is 5.75. The molecule has 0 spiro atoms. The van der Waals surface area contributed by atoms with Crippen LogP contribution in [0.25, 0.3) is 21.8 Å². The van der Waals surface area contributed by atoms with Gasteiger partial charge in [-0.3, -0.25) is 0 Å². The van der Waals surface area contributed by atoms with Gasteiger partial charge in [0.05, 0.1) is 0 Å². The lowest BCUT2D eigenvalue weighted by Crippen LogP contribution is -2.08. The maximum atomic E-state index is 5.88. The molecule has 6 heteroatoms. The summed E-state index contributed by atoms with van der Waals surface area (Å²) in [5.41, 5.74) is 14.2. The topological polar surface area (TPSA) is 95.4 Å². The lowest BCUT2D eigenvalue weighted by atomic mass is 10.0. The van der Waals surface area contributed by atoms with Crippen LogP contribution in [0.5, 0.6) is 0 Å². The number of aromatic nitrogens is 4. The third kappa shape index (κ3) is 3.97. The van der Waals surface area contributed by atoms with E-state index in [0.717, 1.165) is 29.7 Å². The molecule has 0 saturated heterocycles. The Morgan fingerprint density at radius 2 is 1.81 bits per heavy atom. The van der Waals surface area contributed by atoms with Gasteiger partial charge in [0, 0.05) is 46.6 Å². The Kier molecular flexibility index (Phi) is 4.82. The highest BCUT2D eigenvalue weighted by Gasteiger charge is 2.10. The molecule has 31 heavy (non-hydrogen) atoms. The fourth-order valence-corrected chi connectivity index (χ4v) is 4.15. The molecule has 0 unspecified atom stereocenters. The molecule has 0 atom stereocenters. The summed E-state index contributed by atoms with van der Waals surface area (Å²) in [5.74, 6) is 1.08. The molecule has 0 radical (unpaired) electrons. The molecule has 5 N–H and O–H groups in total. The predicted molar refractivity (Wildman–Crippen MR) is 127 cm³/mol. The number of benzene rings is 2. The number of fused-ring (bicyclic) bond motifs is 2. The van der Waals surface area contributed by atoms with Crippen LogP contribution in [0.15, 0.2) is 54.9 Å². The minimum atomic E-state index is 0.283. The Morgan fingerprint density at radius 3 is 2.71 bits per heavy atom. The molecular weight excluding hydrogens is 384 g/mol. The highest BCUT2D eigenvalue weighted by molar-refractivity contribution is 5.84. The standard InChI is InChI=1S/C25H26N6/c1-15-3-7-23-21(9-15)18(13-27-23)5-6-19-14-29-25(26)31-24(19)28-12-17-4-8-22-20(11-17)10-16(2)30-22/h3-4,7-11,13-14,27,30H,5-6,12H2,1-2H3,(H3,26,28,29,31). The number of aromatic amines is 2. The molecule has 5 aromatic rings. The summed E-state index contributed by atoms with van der Waals surface area (Å²) < 4.78 is 0. The number of nitrogens with one attached hydrogen (secondary N) is 3. The van der Waals surface area contributed by atoms with Crippen molar-refractivity contribution in [1.29, 1.82) is 0 Å². The first-order chi connectivity index (χ1) is 15.0. The quantitative estimate of drug-likeness (QED) is 0.315. The Hall–Kier alpha value is -3.80. The predicted octanol–water partition coefficient (Wildman–Crippen LogP) is 5.04. The van der Waals surface area contributed by atoms with Crippen LogP contribution >= 0.6 is 0 Å². The summed E-state index contributed by atoms with van der Waals surface area (Å²) in [5, 5.41) is 5.96. The molecular formula is C25H26N6. The van der Waals surface area contributed by atoms with Gasteiger partial charge in [-0.15, -0.1) is 0 Å². The second kappa shape index (κ2) is 7.80. The van der Waals surface area contributed by atoms with E-state index in [1.54, 1.807) is 0 Å². The van der Waals surface area contributed by atoms with Crippen LogP contribution < -0.4 is 11.1 Å². The van der Waals surface area contributed by atoms with Crippen LogP contribution in [0.1, 0.15) is 27.9 Å². The van der Waals surface area contributed by atoms with E-state index in [2.05, 4.69) is 87.8 Å². The number of nitrogens with zero attached hydrogens (tertiary/aromatic N) is 2. The van der Waals surface area contributed by atoms with Crippen molar-refractivity contribution in [2.45, 2.75) is 33.2 Å². The van der Waals surface area contributed by atoms with E-state index in [0.29, 0.717) is 6.54 Å². The molecule has 2 aromatic carbocycles. The van der Waals surface area contributed by atoms with Crippen molar-refractivity contribution in [2.75, 3.05) is 11.1 Å². The normalized spacial score (nSPS) is 11.4. The molecule has 3 aromatic heterocycles. The maximum Gasteiger partial charge on any atom is 0.221 e. The molecule has 0 aliphatic carbocycles. The summed E-state index contributed by atoms with van der Waals surface area (Å²) >= 11 is 0. The minimum Gasteiger partial charge on any atom is -0.368 e. The van der Waals surface area contributed by atoms with Crippen molar-refractivity contribution in [3.05, 3.63) is 82.8 Å². The summed E-state index contributed by atoms with van der Waals surface area (Å²) in [6.07, 6.45) is 5.67. The monoisotopic (exact) mass is 410 g/mol. The molecule has 156 valence electrons. The number of anilines is 2. The molecule has 6 nitrogen and oxygen atoms in total. The first-order valence-electron chi connectivity index (χ1n) is 10.6. The average Bonchev–Trinajstić information content (AvgIpc) is 3.33. The van der Waals surface area contributed by atoms with Crippen molar-refractivity contribution in [2.24, 2.45) is 0 Å². The first kappa shape index (κ1) is 19.2. The van der Waals surface area contributed by atoms with Crippen molar-refractivity contribution in [1.82, 2.24) is 19.9 Å². The van der Waals surface area contributed by atoms with Gasteiger partial charge in [-0.2, -0.15) is 4.98 Å². The zero-order valence-electron chi connectivity index (χ0n) is 17.8. The number of nitrogens with two attached hydrogens (primary N) is 1. The minimum absolute atomic E-state index is 0.283. The largest absolute Gasteiger partial charge is 0.368 e. The second-order valence-corrected chi connectivity index (χ2v) is 8.19. The summed E-state index contributed by atoms with van der Waals surface area (Å²) in [6, 6.07) is 15.1. The highest BCUT2D eigenvalue weighted by Crippen LogP contribution is 2.23. The lowest BCUT2D eigenvalue weighted by Gasteiger charge is -2.11. The zero-order valence-corrected chi connectivity index (χ0v) is 17.8. The number of nitrogen functional groups attached to an aromatic ring is 1. The van der Waals surface area contributed by atoms with Gasteiger partial charge in [0.2, 0.25) is 5.95 Å². The average molecular weight is 411 g/mol. The van der Waals surface area contributed by atoms with Crippen LogP contribution in [0.3, 0.4) is 0 Å². The van der Waals surface area contributed by atoms with Gasteiger partial charge < -0.3 is 21.0 Å². The van der Waals surface area contributed by atoms with Crippen LogP contribution in [0, 0.1) is 13.8 Å². The Morgan fingerprint density at radius 1 is 0.968 bits per heavy atom. The Labute approximate surface area is 180 Å². The third-order valence-electron chi connectivity index (χ3n) is 5.75. The van der Waals surface area contributed by atoms with Gasteiger partial charge in [-0.05, 0) is 73.5 Å².